The molecule has 172 valence electrons. The normalized spacial score (nSPS) is 15.6. The largest absolute Gasteiger partial charge is 0.392 e. The molecule has 1 fully saturated rings. The molecule has 0 saturated carbocycles. The van der Waals surface area contributed by atoms with Gasteiger partial charge in [-0.05, 0) is 48.9 Å². The van der Waals surface area contributed by atoms with E-state index in [9.17, 15) is 5.11 Å². The number of aromatic nitrogens is 1. The standard InChI is InChI=1S/C26H34N2O4/c1-2-6-19(13-14-27-17-25-30-15-16-31-25)9-12-24-22-11-10-21(20-7-4-3-5-8-20)23(18-29)26(22)32-28-24/h3-5,7-8,10-11,19,25,27,29H,2,6,9,12-18H2,1H3. The van der Waals surface area contributed by atoms with Crippen LogP contribution >= 0.6 is 0 Å². The highest BCUT2D eigenvalue weighted by Crippen LogP contribution is 2.33. The summed E-state index contributed by atoms with van der Waals surface area (Å²) in [6.45, 7) is 5.27. The lowest BCUT2D eigenvalue weighted by atomic mass is 9.92. The van der Waals surface area contributed by atoms with Crippen LogP contribution in [0.5, 0.6) is 0 Å². The van der Waals surface area contributed by atoms with E-state index >= 15 is 0 Å². The molecule has 2 heterocycles. The smallest absolute Gasteiger partial charge is 0.173 e. The van der Waals surface area contributed by atoms with Crippen LogP contribution in [0.2, 0.25) is 0 Å². The van der Waals surface area contributed by atoms with Gasteiger partial charge < -0.3 is 24.4 Å². The van der Waals surface area contributed by atoms with E-state index in [2.05, 4.69) is 29.5 Å². The summed E-state index contributed by atoms with van der Waals surface area (Å²) >= 11 is 0. The van der Waals surface area contributed by atoms with E-state index in [1.807, 2.05) is 30.3 Å². The van der Waals surface area contributed by atoms with Gasteiger partial charge in [0.1, 0.15) is 0 Å². The van der Waals surface area contributed by atoms with Gasteiger partial charge in [0.15, 0.2) is 11.9 Å². The zero-order chi connectivity index (χ0) is 22.2. The summed E-state index contributed by atoms with van der Waals surface area (Å²) in [5, 5.41) is 18.9. The first kappa shape index (κ1) is 22.9. The van der Waals surface area contributed by atoms with Crippen LogP contribution in [-0.4, -0.2) is 42.9 Å². The summed E-state index contributed by atoms with van der Waals surface area (Å²) in [5.74, 6) is 0.630. The van der Waals surface area contributed by atoms with Crippen LogP contribution in [0.3, 0.4) is 0 Å². The molecule has 6 heteroatoms. The van der Waals surface area contributed by atoms with Gasteiger partial charge >= 0.3 is 0 Å². The molecule has 1 aliphatic heterocycles. The average Bonchev–Trinajstić information content (AvgIpc) is 3.50. The van der Waals surface area contributed by atoms with Gasteiger partial charge in [-0.25, -0.2) is 0 Å². The van der Waals surface area contributed by atoms with Gasteiger partial charge in [-0.15, -0.1) is 0 Å². The van der Waals surface area contributed by atoms with Crippen molar-refractivity contribution in [3.05, 3.63) is 53.7 Å². The lowest BCUT2D eigenvalue weighted by molar-refractivity contribution is -0.0390. The fourth-order valence-electron chi connectivity index (χ4n) is 4.57. The third kappa shape index (κ3) is 5.56. The first-order chi connectivity index (χ1) is 15.8. The van der Waals surface area contributed by atoms with Gasteiger partial charge in [-0.1, -0.05) is 61.3 Å². The summed E-state index contributed by atoms with van der Waals surface area (Å²) in [6, 6.07) is 14.3. The molecule has 1 atom stereocenters. The summed E-state index contributed by atoms with van der Waals surface area (Å²) < 4.78 is 16.7. The van der Waals surface area contributed by atoms with Crippen molar-refractivity contribution in [2.75, 3.05) is 26.3 Å². The van der Waals surface area contributed by atoms with Crippen molar-refractivity contribution in [3.63, 3.8) is 0 Å². The highest BCUT2D eigenvalue weighted by Gasteiger charge is 2.18. The zero-order valence-corrected chi connectivity index (χ0v) is 18.9. The molecule has 3 aromatic rings. The highest BCUT2D eigenvalue weighted by atomic mass is 16.7. The Labute approximate surface area is 189 Å². The predicted molar refractivity (Wildman–Crippen MR) is 125 cm³/mol. The van der Waals surface area contributed by atoms with Crippen molar-refractivity contribution in [3.8, 4) is 11.1 Å². The second kappa shape index (κ2) is 11.6. The van der Waals surface area contributed by atoms with Gasteiger partial charge in [-0.2, -0.15) is 0 Å². The molecule has 6 nitrogen and oxygen atoms in total. The molecule has 1 unspecified atom stereocenters. The third-order valence-corrected chi connectivity index (χ3v) is 6.28. The molecular weight excluding hydrogens is 404 g/mol. The lowest BCUT2D eigenvalue weighted by Gasteiger charge is -2.17. The molecular formula is C26H34N2O4. The molecule has 0 amide bonds. The van der Waals surface area contributed by atoms with Crippen molar-refractivity contribution in [2.45, 2.75) is 51.9 Å². The van der Waals surface area contributed by atoms with Crippen LogP contribution in [0.25, 0.3) is 22.1 Å². The van der Waals surface area contributed by atoms with Crippen molar-refractivity contribution in [2.24, 2.45) is 5.92 Å². The number of ether oxygens (including phenoxy) is 2. The summed E-state index contributed by atoms with van der Waals surface area (Å²) in [4.78, 5) is 0. The first-order valence-electron chi connectivity index (χ1n) is 11.8. The molecule has 2 N–H and O–H groups in total. The van der Waals surface area contributed by atoms with E-state index in [1.165, 1.54) is 12.8 Å². The van der Waals surface area contributed by atoms with Gasteiger partial charge in [0.05, 0.1) is 25.5 Å². The van der Waals surface area contributed by atoms with Gasteiger partial charge in [0, 0.05) is 17.5 Å². The number of hydrogen-bond donors (Lipinski definition) is 2. The highest BCUT2D eigenvalue weighted by molar-refractivity contribution is 5.89. The minimum absolute atomic E-state index is 0.0747. The number of aliphatic hydroxyl groups is 1. The Morgan fingerprint density at radius 3 is 2.62 bits per heavy atom. The Hall–Kier alpha value is -2.25. The molecule has 0 aliphatic carbocycles. The number of nitrogens with zero attached hydrogens (tertiary/aromatic N) is 1. The molecule has 2 aromatic carbocycles. The molecule has 4 rings (SSSR count). The van der Waals surface area contributed by atoms with E-state index in [1.54, 1.807) is 0 Å². The Bertz CT molecular complexity index is 967. The zero-order valence-electron chi connectivity index (χ0n) is 18.9. The number of fused-ring (bicyclic) bond motifs is 1. The maximum absolute atomic E-state index is 10.1. The number of nitrogens with one attached hydrogen (secondary N) is 1. The summed E-state index contributed by atoms with van der Waals surface area (Å²) in [5.41, 5.74) is 4.55. The Balaban J connectivity index is 1.39. The van der Waals surface area contributed by atoms with Crippen LogP contribution in [0.4, 0.5) is 0 Å². The average molecular weight is 439 g/mol. The fourth-order valence-corrected chi connectivity index (χ4v) is 4.57. The van der Waals surface area contributed by atoms with Crippen LogP contribution in [0, 0.1) is 5.92 Å². The van der Waals surface area contributed by atoms with E-state index in [-0.39, 0.29) is 12.9 Å². The monoisotopic (exact) mass is 438 g/mol. The van der Waals surface area contributed by atoms with E-state index in [0.29, 0.717) is 24.7 Å². The summed E-state index contributed by atoms with van der Waals surface area (Å²) in [7, 11) is 0. The Morgan fingerprint density at radius 1 is 1.06 bits per heavy atom. The number of benzene rings is 2. The first-order valence-corrected chi connectivity index (χ1v) is 11.8. The molecule has 1 aliphatic rings. The predicted octanol–water partition coefficient (Wildman–Crippen LogP) is 4.69. The molecule has 1 aromatic heterocycles. The SMILES string of the molecule is CCCC(CCNCC1OCCO1)CCc1noc2c(CO)c(-c3ccccc3)ccc12. The fraction of sp³-hybridized carbons (Fsp3) is 0.500. The molecule has 1 saturated heterocycles. The number of aliphatic hydroxyl groups excluding tert-OH is 1. The van der Waals surface area contributed by atoms with E-state index in [4.69, 9.17) is 14.0 Å². The van der Waals surface area contributed by atoms with Crippen molar-refractivity contribution < 1.29 is 19.1 Å². The van der Waals surface area contributed by atoms with Crippen LogP contribution in [-0.2, 0) is 22.5 Å². The lowest BCUT2D eigenvalue weighted by Crippen LogP contribution is -2.29. The minimum atomic E-state index is -0.0948. The Morgan fingerprint density at radius 2 is 1.88 bits per heavy atom. The quantitative estimate of drug-likeness (QED) is 0.400. The Kier molecular flexibility index (Phi) is 8.29. The van der Waals surface area contributed by atoms with Gasteiger partial charge in [-0.3, -0.25) is 0 Å². The molecule has 0 bridgehead atoms. The van der Waals surface area contributed by atoms with Gasteiger partial charge in [0.25, 0.3) is 0 Å². The molecule has 32 heavy (non-hydrogen) atoms. The van der Waals surface area contributed by atoms with Crippen LogP contribution in [0.1, 0.15) is 43.9 Å². The second-order valence-corrected chi connectivity index (χ2v) is 8.48. The van der Waals surface area contributed by atoms with Gasteiger partial charge in [0.2, 0.25) is 0 Å². The third-order valence-electron chi connectivity index (χ3n) is 6.28. The maximum Gasteiger partial charge on any atom is 0.173 e. The van der Waals surface area contributed by atoms with Crippen molar-refractivity contribution in [1.29, 1.82) is 0 Å². The van der Waals surface area contributed by atoms with Crippen LogP contribution < -0.4 is 5.32 Å². The van der Waals surface area contributed by atoms with Crippen LogP contribution in [0.15, 0.2) is 47.0 Å². The van der Waals surface area contributed by atoms with E-state index in [0.717, 1.165) is 60.1 Å². The molecule has 0 spiro atoms. The topological polar surface area (TPSA) is 76.8 Å². The second-order valence-electron chi connectivity index (χ2n) is 8.48. The number of rotatable bonds is 12. The number of hydrogen-bond acceptors (Lipinski definition) is 6. The van der Waals surface area contributed by atoms with Crippen molar-refractivity contribution in [1.82, 2.24) is 10.5 Å². The van der Waals surface area contributed by atoms with E-state index < -0.39 is 0 Å². The van der Waals surface area contributed by atoms with Crippen molar-refractivity contribution >= 4 is 11.0 Å². The number of aryl methyl sites for hydroxylation is 1. The molecule has 0 radical (unpaired) electrons. The summed E-state index contributed by atoms with van der Waals surface area (Å²) in [6.07, 6.45) is 5.35. The minimum Gasteiger partial charge on any atom is -0.392 e. The maximum atomic E-state index is 10.1.